The monoisotopic (exact) mass is 1110 g/mol. The highest BCUT2D eigenvalue weighted by Gasteiger charge is 2.13. The average molecular weight is 1110 g/mol. The summed E-state index contributed by atoms with van der Waals surface area (Å²) in [6.45, 7) is 3.09. The van der Waals surface area contributed by atoms with Crippen molar-refractivity contribution in [2.75, 3.05) is 12.5 Å². The molecule has 0 bridgehead atoms. The number of carbonyl (C=O) groups excluding carboxylic acids is 5. The maximum Gasteiger partial charge on any atom is 0.352 e. The van der Waals surface area contributed by atoms with E-state index in [-0.39, 0.29) is 63.9 Å². The highest BCUT2D eigenvalue weighted by Crippen LogP contribution is 2.61. The SMILES string of the molecule is C.C.CC(N)C(N)=O.C[C@H](Nc1cc(C(N)=O)nc(Cl)n1)C(N)=O.NC(=O)c1cc(Cl)nc(Cl)n1.O=C(Cl)c1cc(Cl)nc(Cl)n1.O=C(O)c1cc(=O)[nH]c(=O)[nH]1.O=P(Cl)(Cl)Cl.[2H]CF. The molecular formula is C29H37Cl9FN14O10P. The molecule has 4 amide bonds. The Hall–Kier alpha value is -4.53. The summed E-state index contributed by atoms with van der Waals surface area (Å²) in [5, 5.41) is 6.89. The maximum absolute atomic E-state index is 10.9. The van der Waals surface area contributed by atoms with Gasteiger partial charge in [-0.15, -0.1) is 0 Å². The second-order valence-corrected chi connectivity index (χ2v) is 18.5. The van der Waals surface area contributed by atoms with Crippen molar-refractivity contribution in [2.24, 2.45) is 28.7 Å². The number of carbonyl (C=O) groups is 6. The van der Waals surface area contributed by atoms with Crippen molar-refractivity contribution < 1.29 is 44.2 Å². The molecule has 0 fully saturated rings. The van der Waals surface area contributed by atoms with Crippen LogP contribution < -0.4 is 45.2 Å². The van der Waals surface area contributed by atoms with Crippen LogP contribution in [0, 0.1) is 0 Å². The van der Waals surface area contributed by atoms with Crippen LogP contribution in [0.1, 0.15) is 72.0 Å². The summed E-state index contributed by atoms with van der Waals surface area (Å²) in [7, 11) is -1.00. The Morgan fingerprint density at radius 3 is 1.41 bits per heavy atom. The fourth-order valence-electron chi connectivity index (χ4n) is 2.50. The van der Waals surface area contributed by atoms with Gasteiger partial charge in [0.15, 0.2) is 0 Å². The first-order valence-corrected chi connectivity index (χ1v) is 21.4. The summed E-state index contributed by atoms with van der Waals surface area (Å²) in [4.78, 5) is 109. The van der Waals surface area contributed by atoms with Gasteiger partial charge in [0.2, 0.25) is 27.7 Å². The minimum absolute atomic E-state index is 0. The van der Waals surface area contributed by atoms with Gasteiger partial charge in [0.1, 0.15) is 44.9 Å². The highest BCUT2D eigenvalue weighted by atomic mass is 36.0. The Labute approximate surface area is 406 Å². The van der Waals surface area contributed by atoms with Crippen LogP contribution in [-0.4, -0.2) is 99.1 Å². The van der Waals surface area contributed by atoms with E-state index in [1.54, 1.807) is 13.8 Å². The summed E-state index contributed by atoms with van der Waals surface area (Å²) in [5.74, 6) is -3.58. The third kappa shape index (κ3) is 35.9. The fourth-order valence-corrected chi connectivity index (χ4v) is 3.60. The van der Waals surface area contributed by atoms with Gasteiger partial charge in [0.25, 0.3) is 22.6 Å². The van der Waals surface area contributed by atoms with Gasteiger partial charge < -0.3 is 44.1 Å². The largest absolute Gasteiger partial charge is 0.477 e. The number of aromatic carboxylic acids is 1. The van der Waals surface area contributed by atoms with E-state index < -0.39 is 76.2 Å². The van der Waals surface area contributed by atoms with E-state index in [4.69, 9.17) is 99.0 Å². The number of halogens is 10. The molecule has 0 spiro atoms. The lowest BCUT2D eigenvalue weighted by Gasteiger charge is -2.10. The Kier molecular flexibility index (Phi) is 36.0. The lowest BCUT2D eigenvalue weighted by atomic mass is 10.3. The van der Waals surface area contributed by atoms with Crippen LogP contribution in [-0.2, 0) is 14.2 Å². The molecule has 4 aromatic heterocycles. The van der Waals surface area contributed by atoms with E-state index in [1.165, 1.54) is 18.2 Å². The molecule has 64 heavy (non-hydrogen) atoms. The number of hydrogen-bond acceptors (Lipinski definition) is 17. The standard InChI is InChI=1S/C8H10ClN5O2.C5HCl3N2O.C5H3Cl2N3O.C5H4N2O4.C3H8N2O.CH3F.2CH4.Cl3OP/c1-3(6(10)15)12-5-2-4(7(11)16)13-8(9)14-5;6-3-1-2(4(7)11)9-5(8)10-3;6-3-1-2(4(8)11)9-5(7)10-3;8-3-1-2(4(9)10)6-5(11)7-3;1-2(4)3(5)6;1-2;;;1-5(2,3)4/h2-3H,1H3,(H2,10,15)(H2,11,16)(H,12,13,14);1H;1H,(H2,8,11);1H,(H,9,10)(H2,6,7,8,11);2H,4H2,1H3,(H2,5,6);1H3;2*1H4;/t3-;;;;;;;;/m0......../s1/i;;;;;1D;;;. The topological polar surface area (TPSA) is 425 Å². The molecule has 35 heteroatoms. The average Bonchev–Trinajstić information content (AvgIpc) is 3.11. The smallest absolute Gasteiger partial charge is 0.352 e. The number of aromatic amines is 2. The molecule has 0 aromatic carbocycles. The van der Waals surface area contributed by atoms with Gasteiger partial charge in [0, 0.05) is 24.3 Å². The van der Waals surface area contributed by atoms with Crippen LogP contribution >= 0.6 is 109 Å². The first kappa shape index (κ1) is 66.1. The van der Waals surface area contributed by atoms with Crippen molar-refractivity contribution in [3.05, 3.63) is 94.0 Å². The second-order valence-electron chi connectivity index (χ2n) is 9.76. The number of carboxylic acids is 1. The normalized spacial score (nSPS) is 10.4. The number of nitrogens with one attached hydrogen (secondary N) is 3. The van der Waals surface area contributed by atoms with E-state index in [0.29, 0.717) is 0 Å². The Morgan fingerprint density at radius 1 is 0.734 bits per heavy atom. The molecule has 0 aliphatic rings. The lowest BCUT2D eigenvalue weighted by Crippen LogP contribution is -2.33. The minimum atomic E-state index is -3.22. The number of anilines is 1. The number of carboxylic acid groups (broad SMARTS) is 1. The van der Waals surface area contributed by atoms with Gasteiger partial charge >= 0.3 is 16.9 Å². The van der Waals surface area contributed by atoms with E-state index in [2.05, 4.69) is 74.7 Å². The van der Waals surface area contributed by atoms with E-state index >= 15 is 0 Å². The molecular weight excluding hydrogens is 1070 g/mol. The molecule has 1 unspecified atom stereocenters. The fraction of sp³-hybridized carbons (Fsp3) is 0.241. The predicted octanol–water partition coefficient (Wildman–Crippen LogP) is 4.81. The number of alkyl halides is 1. The van der Waals surface area contributed by atoms with E-state index in [9.17, 15) is 47.3 Å². The van der Waals surface area contributed by atoms with Gasteiger partial charge in [-0.2, -0.15) is 0 Å². The minimum Gasteiger partial charge on any atom is -0.477 e. The zero-order valence-electron chi connectivity index (χ0n) is 31.6. The van der Waals surface area contributed by atoms with Crippen LogP contribution in [0.4, 0.5) is 10.2 Å². The van der Waals surface area contributed by atoms with Gasteiger partial charge in [-0.3, -0.25) is 42.7 Å². The second kappa shape index (κ2) is 34.8. The lowest BCUT2D eigenvalue weighted by molar-refractivity contribution is -0.119. The first-order chi connectivity index (χ1) is 28.7. The molecule has 4 heterocycles. The summed E-state index contributed by atoms with van der Waals surface area (Å²) >= 11 is 46.2. The van der Waals surface area contributed by atoms with Crippen molar-refractivity contribution in [1.82, 2.24) is 39.9 Å². The number of H-pyrrole nitrogens is 2. The van der Waals surface area contributed by atoms with Gasteiger partial charge in [-0.05, 0) is 94.0 Å². The van der Waals surface area contributed by atoms with Crippen LogP contribution in [0.3, 0.4) is 0 Å². The Balaban J connectivity index is -0.000000224. The number of hydrogen-bond donors (Lipinski definition) is 9. The first-order valence-electron chi connectivity index (χ1n) is 15.4. The number of nitrogens with two attached hydrogens (primary N) is 5. The van der Waals surface area contributed by atoms with Crippen molar-refractivity contribution in [2.45, 2.75) is 40.8 Å². The zero-order chi connectivity index (χ0) is 49.9. The van der Waals surface area contributed by atoms with Crippen molar-refractivity contribution in [3.63, 3.8) is 0 Å². The summed E-state index contributed by atoms with van der Waals surface area (Å²) in [6.07, 6.45) is 0. The van der Waals surface area contributed by atoms with Crippen LogP contribution in [0.5, 0.6) is 0 Å². The predicted molar refractivity (Wildman–Crippen MR) is 244 cm³/mol. The Morgan fingerprint density at radius 2 is 1.09 bits per heavy atom. The van der Waals surface area contributed by atoms with E-state index in [1.807, 2.05) is 9.97 Å². The third-order valence-corrected chi connectivity index (χ3v) is 6.06. The molecule has 358 valence electrons. The molecule has 0 saturated heterocycles. The van der Waals surface area contributed by atoms with Crippen LogP contribution in [0.25, 0.3) is 0 Å². The number of nitrogens with zero attached hydrogens (tertiary/aromatic N) is 6. The summed E-state index contributed by atoms with van der Waals surface area (Å²) in [6, 6.07) is 3.41. The molecule has 24 nitrogen and oxygen atoms in total. The maximum atomic E-state index is 10.9. The number of amides is 4. The highest BCUT2D eigenvalue weighted by molar-refractivity contribution is 8.24. The molecule has 4 aromatic rings. The number of rotatable bonds is 8. The van der Waals surface area contributed by atoms with Gasteiger partial charge in [0.05, 0.1) is 14.6 Å². The third-order valence-electron chi connectivity index (χ3n) is 4.97. The summed E-state index contributed by atoms with van der Waals surface area (Å²) in [5.41, 5.74) is 22.6. The molecule has 4 rings (SSSR count). The van der Waals surface area contributed by atoms with Gasteiger partial charge in [-0.1, -0.05) is 38.1 Å². The van der Waals surface area contributed by atoms with Crippen molar-refractivity contribution >= 4 is 149 Å². The van der Waals surface area contributed by atoms with Crippen molar-refractivity contribution in [3.8, 4) is 0 Å². The number of primary amides is 4. The van der Waals surface area contributed by atoms with Crippen LogP contribution in [0.2, 0.25) is 26.2 Å². The van der Waals surface area contributed by atoms with Gasteiger partial charge in [-0.25, -0.2) is 39.5 Å². The molecule has 2 atom stereocenters. The van der Waals surface area contributed by atoms with Crippen molar-refractivity contribution in [1.29, 1.82) is 0 Å². The molecule has 0 saturated carbocycles. The molecule has 0 aliphatic heterocycles. The van der Waals surface area contributed by atoms with Crippen LogP contribution in [0.15, 0.2) is 33.9 Å². The quantitative estimate of drug-likeness (QED) is 0.0494. The Bertz CT molecular complexity index is 2230. The zero-order valence-corrected chi connectivity index (χ0v) is 38.3. The molecule has 0 radical (unpaired) electrons. The number of aromatic nitrogens is 8. The summed E-state index contributed by atoms with van der Waals surface area (Å²) < 4.78 is 25.0. The molecule has 14 N–H and O–H groups in total. The van der Waals surface area contributed by atoms with E-state index in [0.717, 1.165) is 6.07 Å². The molecule has 0 aliphatic carbocycles.